The van der Waals surface area contributed by atoms with Crippen molar-refractivity contribution in [3.63, 3.8) is 0 Å². The fourth-order valence-corrected chi connectivity index (χ4v) is 3.26. The number of likely N-dealkylation sites (N-methyl/N-ethyl adjacent to an activating group) is 1. The van der Waals surface area contributed by atoms with Crippen LogP contribution < -0.4 is 5.32 Å². The van der Waals surface area contributed by atoms with Crippen LogP contribution in [0, 0.1) is 0 Å². The van der Waals surface area contributed by atoms with Gasteiger partial charge in [-0.3, -0.25) is 0 Å². The van der Waals surface area contributed by atoms with Crippen LogP contribution >= 0.6 is 11.3 Å². The van der Waals surface area contributed by atoms with Crippen molar-refractivity contribution in [2.45, 2.75) is 38.6 Å². The topological polar surface area (TPSA) is 28.2 Å². The van der Waals surface area contributed by atoms with Crippen LogP contribution in [0.25, 0.3) is 0 Å². The minimum absolute atomic E-state index is 0.543. The summed E-state index contributed by atoms with van der Waals surface area (Å²) in [5.41, 5.74) is 0. The summed E-state index contributed by atoms with van der Waals surface area (Å²) >= 11 is 1.88. The van der Waals surface area contributed by atoms with E-state index in [0.29, 0.717) is 6.04 Å². The van der Waals surface area contributed by atoms with Crippen molar-refractivity contribution < 1.29 is 0 Å². The predicted octanol–water partition coefficient (Wildman–Crippen LogP) is 1.93. The van der Waals surface area contributed by atoms with Crippen molar-refractivity contribution in [2.24, 2.45) is 0 Å². The first-order valence-electron chi connectivity index (χ1n) is 6.61. The lowest BCUT2D eigenvalue weighted by Gasteiger charge is -2.12. The Bertz CT molecular complexity index is 331. The fraction of sp³-hybridized carbons (Fsp3) is 0.769. The molecule has 1 aliphatic rings. The second-order valence-electron chi connectivity index (χ2n) is 4.91. The van der Waals surface area contributed by atoms with E-state index in [1.807, 2.05) is 18.4 Å². The van der Waals surface area contributed by atoms with Gasteiger partial charge in [-0.25, -0.2) is 4.98 Å². The summed E-state index contributed by atoms with van der Waals surface area (Å²) in [6.07, 6.45) is 7.03. The molecule has 0 aliphatic carbocycles. The highest BCUT2D eigenvalue weighted by molar-refractivity contribution is 7.11. The Kier molecular flexibility index (Phi) is 4.95. The van der Waals surface area contributed by atoms with Crippen LogP contribution in [0.5, 0.6) is 0 Å². The first-order chi connectivity index (χ1) is 8.28. The van der Waals surface area contributed by atoms with E-state index in [4.69, 9.17) is 0 Å². The summed E-state index contributed by atoms with van der Waals surface area (Å²) < 4.78 is 0. The van der Waals surface area contributed by atoms with Crippen LogP contribution in [0.3, 0.4) is 0 Å². The Balaban J connectivity index is 1.77. The van der Waals surface area contributed by atoms with Gasteiger partial charge in [0.2, 0.25) is 0 Å². The third-order valence-corrected chi connectivity index (χ3v) is 4.52. The van der Waals surface area contributed by atoms with Gasteiger partial charge in [-0.2, -0.15) is 0 Å². The van der Waals surface area contributed by atoms with E-state index >= 15 is 0 Å². The Hall–Kier alpha value is -0.450. The van der Waals surface area contributed by atoms with Gasteiger partial charge in [-0.1, -0.05) is 0 Å². The van der Waals surface area contributed by atoms with E-state index in [1.165, 1.54) is 42.4 Å². The lowest BCUT2D eigenvalue weighted by molar-refractivity contribution is 0.343. The molecular weight excluding hydrogens is 230 g/mol. The van der Waals surface area contributed by atoms with Gasteiger partial charge in [0.1, 0.15) is 0 Å². The number of rotatable bonds is 6. The number of hydrogen-bond donors (Lipinski definition) is 1. The zero-order valence-electron chi connectivity index (χ0n) is 10.9. The van der Waals surface area contributed by atoms with Gasteiger partial charge in [0.25, 0.3) is 0 Å². The molecule has 1 atom stereocenters. The van der Waals surface area contributed by atoms with Crippen LogP contribution in [0.4, 0.5) is 0 Å². The summed E-state index contributed by atoms with van der Waals surface area (Å²) in [5, 5.41) is 4.57. The lowest BCUT2D eigenvalue weighted by Crippen LogP contribution is -2.23. The molecule has 1 N–H and O–H groups in total. The van der Waals surface area contributed by atoms with E-state index in [9.17, 15) is 0 Å². The number of likely N-dealkylation sites (tertiary alicyclic amines) is 1. The average molecular weight is 253 g/mol. The highest BCUT2D eigenvalue weighted by Crippen LogP contribution is 2.16. The van der Waals surface area contributed by atoms with Gasteiger partial charge in [0.05, 0.1) is 5.01 Å². The summed E-state index contributed by atoms with van der Waals surface area (Å²) in [4.78, 5) is 8.49. The van der Waals surface area contributed by atoms with Crippen LogP contribution in [-0.2, 0) is 12.8 Å². The minimum Gasteiger partial charge on any atom is -0.317 e. The van der Waals surface area contributed by atoms with E-state index in [1.54, 1.807) is 0 Å². The minimum atomic E-state index is 0.543. The van der Waals surface area contributed by atoms with Crippen molar-refractivity contribution in [3.05, 3.63) is 16.1 Å². The second kappa shape index (κ2) is 6.47. The molecule has 1 fully saturated rings. The molecule has 0 aromatic carbocycles. The van der Waals surface area contributed by atoms with E-state index in [2.05, 4.69) is 28.3 Å². The van der Waals surface area contributed by atoms with Crippen molar-refractivity contribution in [1.82, 2.24) is 15.2 Å². The third kappa shape index (κ3) is 4.05. The number of nitrogens with one attached hydrogen (secondary N) is 1. The molecule has 0 spiro atoms. The molecule has 0 saturated carbocycles. The molecule has 1 aliphatic heterocycles. The molecule has 0 radical (unpaired) electrons. The Morgan fingerprint density at radius 3 is 2.94 bits per heavy atom. The second-order valence-corrected chi connectivity index (χ2v) is 6.11. The van der Waals surface area contributed by atoms with E-state index in [0.717, 1.165) is 12.8 Å². The van der Waals surface area contributed by atoms with E-state index < -0.39 is 0 Å². The Labute approximate surface area is 108 Å². The molecule has 0 bridgehead atoms. The summed E-state index contributed by atoms with van der Waals surface area (Å²) in [6, 6.07) is 0.543. The molecule has 96 valence electrons. The van der Waals surface area contributed by atoms with Crippen LogP contribution in [0.2, 0.25) is 0 Å². The SMILES string of the molecule is CNC(C)Cc1cnc(CCN2CCCC2)s1. The normalized spacial score (nSPS) is 18.7. The van der Waals surface area contributed by atoms with Crippen LogP contribution in [-0.4, -0.2) is 42.6 Å². The average Bonchev–Trinajstić information content (AvgIpc) is 2.97. The van der Waals surface area contributed by atoms with Gasteiger partial charge < -0.3 is 10.2 Å². The molecule has 1 aromatic heterocycles. The Morgan fingerprint density at radius 2 is 2.24 bits per heavy atom. The maximum absolute atomic E-state index is 4.53. The largest absolute Gasteiger partial charge is 0.317 e. The molecule has 1 aromatic rings. The maximum atomic E-state index is 4.53. The summed E-state index contributed by atoms with van der Waals surface area (Å²) in [6.45, 7) is 5.97. The van der Waals surface area contributed by atoms with Crippen LogP contribution in [0.15, 0.2) is 6.20 Å². The number of nitrogens with zero attached hydrogens (tertiary/aromatic N) is 2. The predicted molar refractivity (Wildman–Crippen MR) is 73.7 cm³/mol. The summed E-state index contributed by atoms with van der Waals surface area (Å²) in [7, 11) is 2.01. The number of hydrogen-bond acceptors (Lipinski definition) is 4. The standard InChI is InChI=1S/C13H23N3S/c1-11(14-2)9-12-10-15-13(17-12)5-8-16-6-3-4-7-16/h10-11,14H,3-9H2,1-2H3. The molecule has 1 unspecified atom stereocenters. The lowest BCUT2D eigenvalue weighted by atomic mass is 10.2. The van der Waals surface area contributed by atoms with Crippen molar-refractivity contribution >= 4 is 11.3 Å². The van der Waals surface area contributed by atoms with Gasteiger partial charge in [-0.15, -0.1) is 11.3 Å². The van der Waals surface area contributed by atoms with Gasteiger partial charge in [-0.05, 0) is 46.3 Å². The quantitative estimate of drug-likeness (QED) is 0.840. The molecular formula is C13H23N3S. The fourth-order valence-electron chi connectivity index (χ4n) is 2.22. The van der Waals surface area contributed by atoms with Crippen molar-refractivity contribution in [1.29, 1.82) is 0 Å². The molecule has 2 rings (SSSR count). The first kappa shape index (κ1) is 13.0. The van der Waals surface area contributed by atoms with Gasteiger partial charge in [0.15, 0.2) is 0 Å². The molecule has 0 amide bonds. The van der Waals surface area contributed by atoms with E-state index in [-0.39, 0.29) is 0 Å². The monoisotopic (exact) mass is 253 g/mol. The molecule has 4 heteroatoms. The molecule has 1 saturated heterocycles. The smallest absolute Gasteiger partial charge is 0.0940 e. The van der Waals surface area contributed by atoms with Crippen LogP contribution in [0.1, 0.15) is 29.7 Å². The first-order valence-corrected chi connectivity index (χ1v) is 7.43. The Morgan fingerprint density at radius 1 is 1.47 bits per heavy atom. The molecule has 2 heterocycles. The zero-order chi connectivity index (χ0) is 12.1. The maximum Gasteiger partial charge on any atom is 0.0940 e. The van der Waals surface area contributed by atoms with Crippen molar-refractivity contribution in [2.75, 3.05) is 26.7 Å². The highest BCUT2D eigenvalue weighted by Gasteiger charge is 2.12. The number of aromatic nitrogens is 1. The number of thiazole rings is 1. The molecule has 3 nitrogen and oxygen atoms in total. The zero-order valence-corrected chi connectivity index (χ0v) is 11.7. The van der Waals surface area contributed by atoms with Crippen molar-refractivity contribution in [3.8, 4) is 0 Å². The van der Waals surface area contributed by atoms with Gasteiger partial charge in [0, 0.05) is 30.1 Å². The molecule has 17 heavy (non-hydrogen) atoms. The highest BCUT2D eigenvalue weighted by atomic mass is 32.1. The summed E-state index contributed by atoms with van der Waals surface area (Å²) in [5.74, 6) is 0. The third-order valence-electron chi connectivity index (χ3n) is 3.44. The van der Waals surface area contributed by atoms with Gasteiger partial charge >= 0.3 is 0 Å².